The van der Waals surface area contributed by atoms with Gasteiger partial charge in [-0.1, -0.05) is 36.4 Å². The molecule has 0 saturated carbocycles. The molecule has 1 aromatic carbocycles. The Labute approximate surface area is 120 Å². The van der Waals surface area contributed by atoms with Crippen molar-refractivity contribution in [2.45, 2.75) is 13.5 Å². The van der Waals surface area contributed by atoms with Gasteiger partial charge in [0.15, 0.2) is 0 Å². The number of nitrogens with zero attached hydrogens (tertiary/aromatic N) is 2. The first kappa shape index (κ1) is 12.8. The molecular formula is C16H14N2OS. The van der Waals surface area contributed by atoms with Crippen LogP contribution in [0.25, 0.3) is 20.7 Å². The number of fused-ring (bicyclic) bond motifs is 1. The molecule has 0 bridgehead atoms. The minimum Gasteiger partial charge on any atom is -0.292 e. The van der Waals surface area contributed by atoms with Crippen molar-refractivity contribution in [2.24, 2.45) is 0 Å². The van der Waals surface area contributed by atoms with E-state index in [0.29, 0.717) is 11.9 Å². The molecule has 20 heavy (non-hydrogen) atoms. The molecule has 0 spiro atoms. The van der Waals surface area contributed by atoms with Gasteiger partial charge in [0.25, 0.3) is 5.56 Å². The molecule has 0 aliphatic carbocycles. The van der Waals surface area contributed by atoms with Crippen LogP contribution in [0.2, 0.25) is 0 Å². The lowest BCUT2D eigenvalue weighted by atomic mass is 10.2. The number of allylic oxidation sites excluding steroid dienone is 1. The van der Waals surface area contributed by atoms with E-state index in [1.165, 1.54) is 0 Å². The van der Waals surface area contributed by atoms with Crippen LogP contribution in [-0.4, -0.2) is 9.55 Å². The summed E-state index contributed by atoms with van der Waals surface area (Å²) < 4.78 is 1.65. The van der Waals surface area contributed by atoms with Gasteiger partial charge in [0, 0.05) is 11.4 Å². The fourth-order valence-corrected chi connectivity index (χ4v) is 3.28. The van der Waals surface area contributed by atoms with Gasteiger partial charge in [-0.05, 0) is 18.6 Å². The Morgan fingerprint density at radius 2 is 2.10 bits per heavy atom. The molecule has 4 heteroatoms. The molecule has 0 fully saturated rings. The van der Waals surface area contributed by atoms with Gasteiger partial charge < -0.3 is 0 Å². The van der Waals surface area contributed by atoms with Crippen LogP contribution >= 0.6 is 11.3 Å². The van der Waals surface area contributed by atoms with E-state index in [4.69, 9.17) is 0 Å². The summed E-state index contributed by atoms with van der Waals surface area (Å²) in [7, 11) is 0. The number of benzene rings is 1. The Kier molecular flexibility index (Phi) is 3.24. The predicted molar refractivity (Wildman–Crippen MR) is 84.3 cm³/mol. The van der Waals surface area contributed by atoms with E-state index in [1.807, 2.05) is 43.3 Å². The minimum absolute atomic E-state index is 0.00540. The topological polar surface area (TPSA) is 34.9 Å². The normalized spacial score (nSPS) is 10.8. The summed E-state index contributed by atoms with van der Waals surface area (Å²) >= 11 is 1.56. The summed E-state index contributed by atoms with van der Waals surface area (Å²) in [5.74, 6) is 0.726. The molecule has 3 nitrogen and oxygen atoms in total. The molecule has 0 aliphatic rings. The van der Waals surface area contributed by atoms with Crippen LogP contribution < -0.4 is 5.56 Å². The second-order valence-corrected chi connectivity index (χ2v) is 5.59. The largest absolute Gasteiger partial charge is 0.292 e. The van der Waals surface area contributed by atoms with Gasteiger partial charge in [-0.25, -0.2) is 4.98 Å². The van der Waals surface area contributed by atoms with Crippen molar-refractivity contribution < 1.29 is 0 Å². The number of thiophene rings is 1. The monoisotopic (exact) mass is 282 g/mol. The maximum Gasteiger partial charge on any atom is 0.262 e. The standard InChI is InChI=1S/C16H14N2OS/c1-3-9-18-11(2)17-15-13(16(18)19)10-14(20-15)12-7-5-4-6-8-12/h3-8,10H,1,9H2,2H3. The van der Waals surface area contributed by atoms with Crippen molar-refractivity contribution in [1.82, 2.24) is 9.55 Å². The third-order valence-corrected chi connectivity index (χ3v) is 4.29. The van der Waals surface area contributed by atoms with E-state index < -0.39 is 0 Å². The predicted octanol–water partition coefficient (Wildman–Crippen LogP) is 3.62. The van der Waals surface area contributed by atoms with Gasteiger partial charge in [0.2, 0.25) is 0 Å². The Balaban J connectivity index is 2.24. The number of hydrogen-bond acceptors (Lipinski definition) is 3. The second kappa shape index (κ2) is 5.06. The average Bonchev–Trinajstić information content (AvgIpc) is 2.88. The molecule has 2 heterocycles. The lowest BCUT2D eigenvalue weighted by Gasteiger charge is -2.05. The molecule has 0 amide bonds. The Morgan fingerprint density at radius 3 is 2.80 bits per heavy atom. The molecule has 0 N–H and O–H groups in total. The SMILES string of the molecule is C=CCn1c(C)nc2sc(-c3ccccc3)cc2c1=O. The number of rotatable bonds is 3. The molecule has 0 unspecified atom stereocenters. The highest BCUT2D eigenvalue weighted by molar-refractivity contribution is 7.21. The van der Waals surface area contributed by atoms with Gasteiger partial charge in [-0.15, -0.1) is 17.9 Å². The quantitative estimate of drug-likeness (QED) is 0.688. The Morgan fingerprint density at radius 1 is 1.35 bits per heavy atom. The van der Waals surface area contributed by atoms with Gasteiger partial charge in [-0.3, -0.25) is 9.36 Å². The Bertz CT molecular complexity index is 831. The highest BCUT2D eigenvalue weighted by Gasteiger charge is 2.11. The fraction of sp³-hybridized carbons (Fsp3) is 0.125. The van der Waals surface area contributed by atoms with Crippen molar-refractivity contribution in [2.75, 3.05) is 0 Å². The summed E-state index contributed by atoms with van der Waals surface area (Å²) in [6, 6.07) is 12.0. The van der Waals surface area contributed by atoms with E-state index in [-0.39, 0.29) is 5.56 Å². The zero-order valence-electron chi connectivity index (χ0n) is 11.2. The van der Waals surface area contributed by atoms with Crippen molar-refractivity contribution in [3.05, 3.63) is 65.2 Å². The highest BCUT2D eigenvalue weighted by Crippen LogP contribution is 2.30. The van der Waals surface area contributed by atoms with Crippen LogP contribution in [0, 0.1) is 6.92 Å². The first-order valence-corrected chi connectivity index (χ1v) is 7.19. The van der Waals surface area contributed by atoms with E-state index in [2.05, 4.69) is 11.6 Å². The minimum atomic E-state index is 0.00540. The van der Waals surface area contributed by atoms with Crippen molar-refractivity contribution in [3.63, 3.8) is 0 Å². The summed E-state index contributed by atoms with van der Waals surface area (Å²) in [6.45, 7) is 6.03. The van der Waals surface area contributed by atoms with Gasteiger partial charge in [-0.2, -0.15) is 0 Å². The molecule has 3 rings (SSSR count). The molecule has 0 saturated heterocycles. The third kappa shape index (κ3) is 2.08. The zero-order valence-corrected chi connectivity index (χ0v) is 12.0. The summed E-state index contributed by atoms with van der Waals surface area (Å²) in [5.41, 5.74) is 1.12. The van der Waals surface area contributed by atoms with Gasteiger partial charge in [0.1, 0.15) is 10.7 Å². The second-order valence-electron chi connectivity index (χ2n) is 4.56. The molecule has 0 atom stereocenters. The fourth-order valence-electron chi connectivity index (χ4n) is 2.21. The molecular weight excluding hydrogens is 268 g/mol. The number of hydrogen-bond donors (Lipinski definition) is 0. The summed E-state index contributed by atoms with van der Waals surface area (Å²) in [4.78, 5) is 18.9. The molecule has 100 valence electrons. The third-order valence-electron chi connectivity index (χ3n) is 3.21. The lowest BCUT2D eigenvalue weighted by molar-refractivity contribution is 0.730. The van der Waals surface area contributed by atoms with Gasteiger partial charge >= 0.3 is 0 Å². The number of aryl methyl sites for hydroxylation is 1. The zero-order chi connectivity index (χ0) is 14.1. The van der Waals surface area contributed by atoms with Crippen LogP contribution in [0.5, 0.6) is 0 Å². The average molecular weight is 282 g/mol. The summed E-state index contributed by atoms with van der Waals surface area (Å²) in [6.07, 6.45) is 1.71. The van der Waals surface area contributed by atoms with Crippen LogP contribution in [0.3, 0.4) is 0 Å². The number of aromatic nitrogens is 2. The van der Waals surface area contributed by atoms with E-state index in [0.717, 1.165) is 21.1 Å². The van der Waals surface area contributed by atoms with Crippen LogP contribution in [-0.2, 0) is 6.54 Å². The molecule has 3 aromatic rings. The van der Waals surface area contributed by atoms with E-state index in [1.54, 1.807) is 22.0 Å². The lowest BCUT2D eigenvalue weighted by Crippen LogP contribution is -2.22. The van der Waals surface area contributed by atoms with Crippen LogP contribution in [0.15, 0.2) is 53.8 Å². The summed E-state index contributed by atoms with van der Waals surface area (Å²) in [5, 5.41) is 0.682. The highest BCUT2D eigenvalue weighted by atomic mass is 32.1. The van der Waals surface area contributed by atoms with Crippen molar-refractivity contribution >= 4 is 21.6 Å². The van der Waals surface area contributed by atoms with E-state index >= 15 is 0 Å². The Hall–Kier alpha value is -2.20. The maximum atomic E-state index is 12.5. The van der Waals surface area contributed by atoms with Crippen LogP contribution in [0.4, 0.5) is 0 Å². The van der Waals surface area contributed by atoms with E-state index in [9.17, 15) is 4.79 Å². The van der Waals surface area contributed by atoms with Gasteiger partial charge in [0.05, 0.1) is 5.39 Å². The van der Waals surface area contributed by atoms with Crippen molar-refractivity contribution in [1.29, 1.82) is 0 Å². The molecule has 0 radical (unpaired) electrons. The smallest absolute Gasteiger partial charge is 0.262 e. The molecule has 2 aromatic heterocycles. The van der Waals surface area contributed by atoms with Crippen LogP contribution in [0.1, 0.15) is 5.82 Å². The van der Waals surface area contributed by atoms with Crippen molar-refractivity contribution in [3.8, 4) is 10.4 Å². The maximum absolute atomic E-state index is 12.5. The first-order chi connectivity index (χ1) is 9.70. The molecule has 0 aliphatic heterocycles. The first-order valence-electron chi connectivity index (χ1n) is 6.38.